The fraction of sp³-hybridized carbons (Fsp3) is 0.933. The number of nitrogens with zero attached hydrogens (tertiary/aromatic N) is 3. The van der Waals surface area contributed by atoms with Crippen LogP contribution in [0.1, 0.15) is 26.2 Å². The number of ether oxygens (including phenoxy) is 1. The maximum Gasteiger partial charge on any atom is 0.320 e. The van der Waals surface area contributed by atoms with Crippen molar-refractivity contribution in [3.8, 4) is 0 Å². The van der Waals surface area contributed by atoms with E-state index < -0.39 is 0 Å². The van der Waals surface area contributed by atoms with Crippen molar-refractivity contribution in [3.05, 3.63) is 0 Å². The van der Waals surface area contributed by atoms with Crippen LogP contribution in [0.15, 0.2) is 0 Å². The summed E-state index contributed by atoms with van der Waals surface area (Å²) in [7, 11) is 0. The van der Waals surface area contributed by atoms with Crippen molar-refractivity contribution in [3.63, 3.8) is 0 Å². The van der Waals surface area contributed by atoms with Gasteiger partial charge in [0.05, 0.1) is 13.2 Å². The second-order valence-corrected chi connectivity index (χ2v) is 5.90. The fourth-order valence-corrected chi connectivity index (χ4v) is 3.29. The third kappa shape index (κ3) is 4.56. The summed E-state index contributed by atoms with van der Waals surface area (Å²) >= 11 is 0. The van der Waals surface area contributed by atoms with Gasteiger partial charge in [-0.05, 0) is 25.8 Å². The molecule has 2 heterocycles. The summed E-state index contributed by atoms with van der Waals surface area (Å²) in [4.78, 5) is 19.0. The molecule has 6 heteroatoms. The number of hydrogen-bond acceptors (Lipinski definition) is 4. The summed E-state index contributed by atoms with van der Waals surface area (Å²) in [5.41, 5.74) is 5.71. The van der Waals surface area contributed by atoms with Crippen LogP contribution in [-0.4, -0.2) is 85.8 Å². The zero-order valence-corrected chi connectivity index (χ0v) is 13.3. The molecule has 0 aromatic heterocycles. The number of amides is 2. The third-order valence-corrected chi connectivity index (χ3v) is 4.57. The van der Waals surface area contributed by atoms with Crippen molar-refractivity contribution in [1.82, 2.24) is 14.7 Å². The molecule has 0 bridgehead atoms. The van der Waals surface area contributed by atoms with Crippen LogP contribution in [0.3, 0.4) is 0 Å². The Balaban J connectivity index is 1.86. The average molecular weight is 298 g/mol. The Labute approximate surface area is 128 Å². The maximum absolute atomic E-state index is 12.5. The van der Waals surface area contributed by atoms with Gasteiger partial charge in [-0.2, -0.15) is 0 Å². The molecule has 2 rings (SSSR count). The molecule has 2 aliphatic rings. The molecule has 1 atom stereocenters. The van der Waals surface area contributed by atoms with E-state index in [2.05, 4.69) is 11.8 Å². The van der Waals surface area contributed by atoms with Gasteiger partial charge in [0.15, 0.2) is 0 Å². The molecule has 2 N–H and O–H groups in total. The molecule has 2 fully saturated rings. The largest absolute Gasteiger partial charge is 0.378 e. The highest BCUT2D eigenvalue weighted by Gasteiger charge is 2.26. The average Bonchev–Trinajstić information content (AvgIpc) is 2.78. The predicted octanol–water partition coefficient (Wildman–Crippen LogP) is 0.574. The van der Waals surface area contributed by atoms with Crippen LogP contribution in [0.2, 0.25) is 0 Å². The second kappa shape index (κ2) is 8.56. The lowest BCUT2D eigenvalue weighted by molar-refractivity contribution is 0.0434. The molecule has 0 aromatic carbocycles. The standard InChI is InChI=1S/C15H30N4O2/c1-2-14(4-5-16)17-6-3-7-18(9-8-17)15(20)19-10-12-21-13-11-19/h14H,2-13,16H2,1H3. The van der Waals surface area contributed by atoms with Crippen LogP contribution in [-0.2, 0) is 4.74 Å². The molecule has 122 valence electrons. The van der Waals surface area contributed by atoms with Crippen molar-refractivity contribution in [2.24, 2.45) is 5.73 Å². The van der Waals surface area contributed by atoms with Gasteiger partial charge in [0.1, 0.15) is 0 Å². The lowest BCUT2D eigenvalue weighted by atomic mass is 10.1. The number of nitrogens with two attached hydrogens (primary N) is 1. The van der Waals surface area contributed by atoms with Gasteiger partial charge in [0, 0.05) is 45.3 Å². The maximum atomic E-state index is 12.5. The molecule has 6 nitrogen and oxygen atoms in total. The summed E-state index contributed by atoms with van der Waals surface area (Å²) in [6.45, 7) is 9.49. The Kier molecular flexibility index (Phi) is 6.73. The first-order chi connectivity index (χ1) is 10.3. The molecule has 0 spiro atoms. The van der Waals surface area contributed by atoms with E-state index in [1.807, 2.05) is 9.80 Å². The number of urea groups is 1. The van der Waals surface area contributed by atoms with Crippen LogP contribution in [0.5, 0.6) is 0 Å². The van der Waals surface area contributed by atoms with Gasteiger partial charge in [-0.3, -0.25) is 4.90 Å². The monoisotopic (exact) mass is 298 g/mol. The number of carbonyl (C=O) groups is 1. The highest BCUT2D eigenvalue weighted by Crippen LogP contribution is 2.14. The lowest BCUT2D eigenvalue weighted by Gasteiger charge is -2.33. The third-order valence-electron chi connectivity index (χ3n) is 4.57. The van der Waals surface area contributed by atoms with Crippen molar-refractivity contribution >= 4 is 6.03 Å². The van der Waals surface area contributed by atoms with E-state index in [1.165, 1.54) is 0 Å². The first-order valence-corrected chi connectivity index (χ1v) is 8.32. The zero-order valence-electron chi connectivity index (χ0n) is 13.3. The minimum absolute atomic E-state index is 0.187. The summed E-state index contributed by atoms with van der Waals surface area (Å²) in [5.74, 6) is 0. The van der Waals surface area contributed by atoms with Crippen LogP contribution in [0.4, 0.5) is 4.79 Å². The normalized spacial score (nSPS) is 23.0. The molecular weight excluding hydrogens is 268 g/mol. The van der Waals surface area contributed by atoms with Crippen LogP contribution >= 0.6 is 0 Å². The number of hydrogen-bond donors (Lipinski definition) is 1. The quantitative estimate of drug-likeness (QED) is 0.824. The minimum atomic E-state index is 0.187. The second-order valence-electron chi connectivity index (χ2n) is 5.90. The van der Waals surface area contributed by atoms with Crippen molar-refractivity contribution in [2.45, 2.75) is 32.2 Å². The van der Waals surface area contributed by atoms with Crippen LogP contribution < -0.4 is 5.73 Å². The molecule has 2 saturated heterocycles. The topological polar surface area (TPSA) is 62.0 Å². The molecular formula is C15H30N4O2. The first kappa shape index (κ1) is 16.5. The SMILES string of the molecule is CCC(CCN)N1CCCN(C(=O)N2CCOCC2)CC1. The lowest BCUT2D eigenvalue weighted by Crippen LogP contribution is -2.49. The van der Waals surface area contributed by atoms with Gasteiger partial charge < -0.3 is 20.3 Å². The molecule has 21 heavy (non-hydrogen) atoms. The Morgan fingerprint density at radius 1 is 1.10 bits per heavy atom. The molecule has 1 unspecified atom stereocenters. The number of rotatable bonds is 4. The van der Waals surface area contributed by atoms with E-state index in [-0.39, 0.29) is 6.03 Å². The van der Waals surface area contributed by atoms with Crippen molar-refractivity contribution < 1.29 is 9.53 Å². The van der Waals surface area contributed by atoms with Crippen LogP contribution in [0, 0.1) is 0 Å². The summed E-state index contributed by atoms with van der Waals surface area (Å²) in [5, 5.41) is 0. The molecule has 0 saturated carbocycles. The highest BCUT2D eigenvalue weighted by atomic mass is 16.5. The van der Waals surface area contributed by atoms with Gasteiger partial charge >= 0.3 is 6.03 Å². The van der Waals surface area contributed by atoms with Crippen molar-refractivity contribution in [2.75, 3.05) is 59.0 Å². The van der Waals surface area contributed by atoms with Gasteiger partial charge in [-0.25, -0.2) is 4.79 Å². The van der Waals surface area contributed by atoms with E-state index in [1.54, 1.807) is 0 Å². The number of carbonyl (C=O) groups excluding carboxylic acids is 1. The Hall–Kier alpha value is -0.850. The van der Waals surface area contributed by atoms with Gasteiger partial charge in [-0.1, -0.05) is 6.92 Å². The summed E-state index contributed by atoms with van der Waals surface area (Å²) < 4.78 is 5.32. The Morgan fingerprint density at radius 3 is 2.48 bits per heavy atom. The van der Waals surface area contributed by atoms with E-state index in [0.29, 0.717) is 19.3 Å². The van der Waals surface area contributed by atoms with E-state index in [0.717, 1.165) is 65.1 Å². The van der Waals surface area contributed by atoms with Crippen LogP contribution in [0.25, 0.3) is 0 Å². The molecule has 0 aromatic rings. The molecule has 2 aliphatic heterocycles. The highest BCUT2D eigenvalue weighted by molar-refractivity contribution is 5.74. The Bertz CT molecular complexity index is 321. The minimum Gasteiger partial charge on any atom is -0.378 e. The molecule has 2 amide bonds. The van der Waals surface area contributed by atoms with Gasteiger partial charge in [-0.15, -0.1) is 0 Å². The van der Waals surface area contributed by atoms with Gasteiger partial charge in [0.2, 0.25) is 0 Å². The van der Waals surface area contributed by atoms with E-state index in [9.17, 15) is 4.79 Å². The predicted molar refractivity (Wildman–Crippen MR) is 83.3 cm³/mol. The fourth-order valence-electron chi connectivity index (χ4n) is 3.29. The van der Waals surface area contributed by atoms with E-state index in [4.69, 9.17) is 10.5 Å². The number of morpholine rings is 1. The zero-order chi connectivity index (χ0) is 15.1. The van der Waals surface area contributed by atoms with Gasteiger partial charge in [0.25, 0.3) is 0 Å². The molecule has 0 aliphatic carbocycles. The molecule has 0 radical (unpaired) electrons. The smallest absolute Gasteiger partial charge is 0.320 e. The van der Waals surface area contributed by atoms with Crippen molar-refractivity contribution in [1.29, 1.82) is 0 Å². The van der Waals surface area contributed by atoms with E-state index >= 15 is 0 Å². The Morgan fingerprint density at radius 2 is 1.81 bits per heavy atom. The summed E-state index contributed by atoms with van der Waals surface area (Å²) in [6.07, 6.45) is 3.24. The summed E-state index contributed by atoms with van der Waals surface area (Å²) in [6, 6.07) is 0.750. The first-order valence-electron chi connectivity index (χ1n) is 8.32.